The van der Waals surface area contributed by atoms with Gasteiger partial charge in [0.05, 0.1) is 24.2 Å². The van der Waals surface area contributed by atoms with Gasteiger partial charge in [-0.15, -0.1) is 0 Å². The Morgan fingerprint density at radius 3 is 1.95 bits per heavy atom. The lowest BCUT2D eigenvalue weighted by Gasteiger charge is -2.11. The van der Waals surface area contributed by atoms with Crippen LogP contribution >= 0.6 is 0 Å². The molecule has 0 aliphatic carbocycles. The molecule has 1 amide bonds. The van der Waals surface area contributed by atoms with E-state index in [9.17, 15) is 28.8 Å². The van der Waals surface area contributed by atoms with Crippen LogP contribution in [-0.4, -0.2) is 62.1 Å². The normalized spacial score (nSPS) is 13.1. The van der Waals surface area contributed by atoms with E-state index >= 15 is 0 Å². The molecule has 1 saturated heterocycles. The Labute approximate surface area is 232 Å². The summed E-state index contributed by atoms with van der Waals surface area (Å²) in [6, 6.07) is 16.8. The molecule has 0 bridgehead atoms. The van der Waals surface area contributed by atoms with Gasteiger partial charge in [0, 0.05) is 31.9 Å². The fourth-order valence-electron chi connectivity index (χ4n) is 3.24. The van der Waals surface area contributed by atoms with Gasteiger partial charge in [0.1, 0.15) is 6.61 Å². The van der Waals surface area contributed by atoms with E-state index in [1.807, 2.05) is 6.07 Å². The number of hydrogen-bond acceptors (Lipinski definition) is 10. The highest BCUT2D eigenvalue weighted by molar-refractivity contribution is 5.97. The molecule has 0 spiro atoms. The first kappa shape index (κ1) is 31.8. The van der Waals surface area contributed by atoms with Crippen LogP contribution in [0.4, 0.5) is 0 Å². The third-order valence-electron chi connectivity index (χ3n) is 5.36. The van der Waals surface area contributed by atoms with Crippen molar-refractivity contribution >= 4 is 35.8 Å². The van der Waals surface area contributed by atoms with Crippen molar-refractivity contribution in [2.45, 2.75) is 39.0 Å². The fourth-order valence-corrected chi connectivity index (χ4v) is 3.24. The lowest BCUT2D eigenvalue weighted by atomic mass is 10.1. The van der Waals surface area contributed by atoms with E-state index in [1.54, 1.807) is 61.5 Å². The number of carbonyl (C=O) groups excluding carboxylic acids is 6. The van der Waals surface area contributed by atoms with Crippen molar-refractivity contribution in [2.24, 2.45) is 5.92 Å². The Morgan fingerprint density at radius 2 is 1.40 bits per heavy atom. The van der Waals surface area contributed by atoms with Crippen molar-refractivity contribution in [2.75, 3.05) is 26.4 Å². The summed E-state index contributed by atoms with van der Waals surface area (Å²) < 4.78 is 19.4. The molecule has 2 aromatic rings. The number of nitrogens with one attached hydrogen (secondary N) is 1. The summed E-state index contributed by atoms with van der Waals surface area (Å²) in [5, 5.41) is 2.71. The third kappa shape index (κ3) is 12.9. The molecular weight excluding hydrogens is 522 g/mol. The topological polar surface area (TPSA) is 151 Å². The smallest absolute Gasteiger partial charge is 0.345 e. The molecule has 1 atom stereocenters. The number of esters is 5. The highest BCUT2D eigenvalue weighted by Gasteiger charge is 2.20. The van der Waals surface area contributed by atoms with E-state index in [1.165, 1.54) is 0 Å². The molecule has 1 heterocycles. The van der Waals surface area contributed by atoms with E-state index in [0.717, 1.165) is 0 Å². The molecule has 0 aromatic heterocycles. The van der Waals surface area contributed by atoms with Crippen LogP contribution in [0.3, 0.4) is 0 Å². The van der Waals surface area contributed by atoms with Gasteiger partial charge in [0.15, 0.2) is 0 Å². The van der Waals surface area contributed by atoms with Gasteiger partial charge in [0.2, 0.25) is 5.91 Å². The minimum absolute atomic E-state index is 0.140. The Bertz CT molecular complexity index is 1120. The number of cyclic esters (lactones) is 2. The molecule has 3 rings (SSSR count). The number of carbonyl (C=O) groups is 6. The summed E-state index contributed by atoms with van der Waals surface area (Å²) in [5.41, 5.74) is 0.755. The monoisotopic (exact) mass is 555 g/mol. The summed E-state index contributed by atoms with van der Waals surface area (Å²) >= 11 is 0. The predicted molar refractivity (Wildman–Crippen MR) is 141 cm³/mol. The first-order chi connectivity index (χ1) is 19.3. The summed E-state index contributed by atoms with van der Waals surface area (Å²) in [7, 11) is 0. The van der Waals surface area contributed by atoms with Crippen LogP contribution in [-0.2, 0) is 38.1 Å². The van der Waals surface area contributed by atoms with Gasteiger partial charge in [0.25, 0.3) is 0 Å². The Morgan fingerprint density at radius 1 is 0.825 bits per heavy atom. The molecule has 1 N–H and O–H groups in total. The number of amides is 1. The highest BCUT2D eigenvalue weighted by atomic mass is 16.6. The van der Waals surface area contributed by atoms with E-state index < -0.39 is 23.8 Å². The van der Waals surface area contributed by atoms with Gasteiger partial charge in [-0.05, 0) is 37.1 Å². The first-order valence-corrected chi connectivity index (χ1v) is 12.9. The number of hydrogen-bond donors (Lipinski definition) is 1. The van der Waals surface area contributed by atoms with E-state index in [0.29, 0.717) is 44.4 Å². The van der Waals surface area contributed by atoms with Gasteiger partial charge in [-0.2, -0.15) is 0 Å². The molecule has 2 aromatic carbocycles. The van der Waals surface area contributed by atoms with Crippen LogP contribution in [0.2, 0.25) is 0 Å². The minimum Gasteiger partial charge on any atom is -0.460 e. The van der Waals surface area contributed by atoms with Crippen molar-refractivity contribution in [3.8, 4) is 0 Å². The highest BCUT2D eigenvalue weighted by Crippen LogP contribution is 2.08. The molecule has 0 saturated carbocycles. The predicted octanol–water partition coefficient (Wildman–Crippen LogP) is 3.02. The van der Waals surface area contributed by atoms with Gasteiger partial charge < -0.3 is 24.3 Å². The zero-order valence-corrected chi connectivity index (χ0v) is 22.3. The fraction of sp³-hybridized carbons (Fsp3) is 0.379. The molecule has 1 unspecified atom stereocenters. The molecule has 1 aliphatic rings. The quantitative estimate of drug-likeness (QED) is 0.179. The number of rotatable bonds is 12. The summed E-state index contributed by atoms with van der Waals surface area (Å²) in [4.78, 5) is 68.0. The first-order valence-electron chi connectivity index (χ1n) is 12.9. The van der Waals surface area contributed by atoms with Gasteiger partial charge in [-0.3, -0.25) is 19.2 Å². The summed E-state index contributed by atoms with van der Waals surface area (Å²) in [6.45, 7) is 2.72. The largest absolute Gasteiger partial charge is 0.460 e. The Hall–Kier alpha value is -4.38. The third-order valence-corrected chi connectivity index (χ3v) is 5.36. The molecule has 214 valence electrons. The molecule has 11 heteroatoms. The molecule has 1 aliphatic heterocycles. The second kappa shape index (κ2) is 18.0. The van der Waals surface area contributed by atoms with Crippen LogP contribution in [0.5, 0.6) is 0 Å². The van der Waals surface area contributed by atoms with Crippen molar-refractivity contribution < 1.29 is 47.7 Å². The standard InChI is InChI=1S/C24H27NO7.C5H6O3/c1-18(17-21(26)32-24(29)20-11-6-3-7-12-20)22(27)25-13-8-14-30-15-16-31-23(28)19-9-4-2-5-10-19;6-4-2-1-3-5(7)8-4/h2-7,9-12,18H,8,13-17H2,1H3,(H,25,27);1-3H2. The average molecular weight is 556 g/mol. The minimum atomic E-state index is -0.755. The number of ether oxygens (including phenoxy) is 4. The zero-order chi connectivity index (χ0) is 29.2. The van der Waals surface area contributed by atoms with E-state index in [-0.39, 0.29) is 43.0 Å². The van der Waals surface area contributed by atoms with Crippen LogP contribution in [0.25, 0.3) is 0 Å². The van der Waals surface area contributed by atoms with Crippen LogP contribution in [0, 0.1) is 5.92 Å². The second-order valence-electron chi connectivity index (χ2n) is 8.69. The molecule has 0 radical (unpaired) electrons. The van der Waals surface area contributed by atoms with Gasteiger partial charge in [-0.25, -0.2) is 9.59 Å². The molecule has 40 heavy (non-hydrogen) atoms. The zero-order valence-electron chi connectivity index (χ0n) is 22.3. The lowest BCUT2D eigenvalue weighted by Crippen LogP contribution is -2.32. The maximum atomic E-state index is 12.1. The lowest BCUT2D eigenvalue weighted by molar-refractivity contribution is -0.163. The van der Waals surface area contributed by atoms with E-state index in [2.05, 4.69) is 10.1 Å². The van der Waals surface area contributed by atoms with Crippen LogP contribution in [0.15, 0.2) is 60.7 Å². The van der Waals surface area contributed by atoms with Crippen molar-refractivity contribution in [1.82, 2.24) is 5.32 Å². The van der Waals surface area contributed by atoms with Gasteiger partial charge >= 0.3 is 29.8 Å². The summed E-state index contributed by atoms with van der Waals surface area (Å²) in [5.74, 6) is -3.62. The van der Waals surface area contributed by atoms with Crippen molar-refractivity contribution in [3.63, 3.8) is 0 Å². The number of benzene rings is 2. The van der Waals surface area contributed by atoms with Crippen LogP contribution < -0.4 is 5.32 Å². The molecule has 11 nitrogen and oxygen atoms in total. The second-order valence-corrected chi connectivity index (χ2v) is 8.69. The van der Waals surface area contributed by atoms with E-state index in [4.69, 9.17) is 14.2 Å². The van der Waals surface area contributed by atoms with Crippen LogP contribution in [0.1, 0.15) is 59.7 Å². The molecular formula is C29H33NO10. The maximum absolute atomic E-state index is 12.1. The van der Waals surface area contributed by atoms with Gasteiger partial charge in [-0.1, -0.05) is 43.3 Å². The average Bonchev–Trinajstić information content (AvgIpc) is 2.95. The Balaban J connectivity index is 0.000000598. The Kier molecular flexibility index (Phi) is 14.3. The van der Waals surface area contributed by atoms with Crippen molar-refractivity contribution in [3.05, 3.63) is 71.8 Å². The maximum Gasteiger partial charge on any atom is 0.345 e. The van der Waals surface area contributed by atoms with Crippen molar-refractivity contribution in [1.29, 1.82) is 0 Å². The molecule has 1 fully saturated rings. The summed E-state index contributed by atoms with van der Waals surface area (Å²) in [6.07, 6.45) is 1.80. The SMILES string of the molecule is CC(CC(=O)OC(=O)c1ccccc1)C(=O)NCCCOCCOC(=O)c1ccccc1.O=C1CCCC(=O)O1.